The van der Waals surface area contributed by atoms with Gasteiger partial charge in [-0.2, -0.15) is 0 Å². The summed E-state index contributed by atoms with van der Waals surface area (Å²) < 4.78 is 15.6. The van der Waals surface area contributed by atoms with Crippen LogP contribution in [0.1, 0.15) is 38.2 Å². The molecule has 0 bridgehead atoms. The van der Waals surface area contributed by atoms with Crippen molar-refractivity contribution in [3.05, 3.63) is 42.0 Å². The quantitative estimate of drug-likeness (QED) is 0.353. The smallest absolute Gasteiger partial charge is 0.306 e. The summed E-state index contributed by atoms with van der Waals surface area (Å²) >= 11 is 0. The highest BCUT2D eigenvalue weighted by atomic mass is 16.5. The minimum absolute atomic E-state index is 0.130. The molecule has 0 fully saturated rings. The van der Waals surface area contributed by atoms with Gasteiger partial charge in [-0.3, -0.25) is 4.79 Å². The van der Waals surface area contributed by atoms with Crippen molar-refractivity contribution in [2.45, 2.75) is 39.2 Å². The standard InChI is InChI=1S/C18H26O4/c1-3-22-18(19)9-7-5-4-6-8-14-21-15-16-10-12-17(20-2)13-11-16/h4-5,10-13H,3,6-9,14-15H2,1-2H3/b5-4+. The fourth-order valence-electron chi connectivity index (χ4n) is 1.89. The topological polar surface area (TPSA) is 44.8 Å². The molecule has 0 radical (unpaired) electrons. The number of methoxy groups -OCH3 is 1. The van der Waals surface area contributed by atoms with E-state index in [2.05, 4.69) is 6.08 Å². The van der Waals surface area contributed by atoms with E-state index in [1.165, 1.54) is 0 Å². The third-order valence-electron chi connectivity index (χ3n) is 3.07. The minimum atomic E-state index is -0.130. The van der Waals surface area contributed by atoms with Crippen LogP contribution in [0.3, 0.4) is 0 Å². The van der Waals surface area contributed by atoms with Gasteiger partial charge in [-0.15, -0.1) is 0 Å². The van der Waals surface area contributed by atoms with E-state index < -0.39 is 0 Å². The molecule has 0 saturated carbocycles. The van der Waals surface area contributed by atoms with Gasteiger partial charge in [-0.25, -0.2) is 0 Å². The predicted molar refractivity (Wildman–Crippen MR) is 86.9 cm³/mol. The largest absolute Gasteiger partial charge is 0.497 e. The summed E-state index contributed by atoms with van der Waals surface area (Å²) in [6, 6.07) is 7.89. The maximum atomic E-state index is 11.1. The van der Waals surface area contributed by atoms with Gasteiger partial charge in [0.25, 0.3) is 0 Å². The number of hydrogen-bond acceptors (Lipinski definition) is 4. The van der Waals surface area contributed by atoms with E-state index in [9.17, 15) is 4.79 Å². The maximum Gasteiger partial charge on any atom is 0.306 e. The van der Waals surface area contributed by atoms with Crippen molar-refractivity contribution in [1.29, 1.82) is 0 Å². The van der Waals surface area contributed by atoms with Gasteiger partial charge in [0.15, 0.2) is 0 Å². The molecule has 0 aromatic heterocycles. The van der Waals surface area contributed by atoms with Crippen LogP contribution >= 0.6 is 0 Å². The van der Waals surface area contributed by atoms with Crippen molar-refractivity contribution in [1.82, 2.24) is 0 Å². The summed E-state index contributed by atoms with van der Waals surface area (Å²) in [5.41, 5.74) is 1.14. The van der Waals surface area contributed by atoms with E-state index in [-0.39, 0.29) is 5.97 Å². The first kappa shape index (κ1) is 18.2. The van der Waals surface area contributed by atoms with Gasteiger partial charge in [0, 0.05) is 13.0 Å². The molecule has 0 atom stereocenters. The molecule has 1 aromatic rings. The average Bonchev–Trinajstić information content (AvgIpc) is 2.54. The number of esters is 1. The van der Waals surface area contributed by atoms with Crippen LogP contribution in [0.15, 0.2) is 36.4 Å². The molecule has 122 valence electrons. The monoisotopic (exact) mass is 306 g/mol. The van der Waals surface area contributed by atoms with E-state index in [0.29, 0.717) is 19.6 Å². The van der Waals surface area contributed by atoms with E-state index in [0.717, 1.165) is 37.2 Å². The lowest BCUT2D eigenvalue weighted by molar-refractivity contribution is -0.142. The number of benzene rings is 1. The summed E-state index contributed by atoms with van der Waals surface area (Å²) in [5, 5.41) is 0. The normalized spacial score (nSPS) is 10.8. The van der Waals surface area contributed by atoms with Crippen LogP contribution in [0.5, 0.6) is 5.75 Å². The third kappa shape index (κ3) is 8.47. The summed E-state index contributed by atoms with van der Waals surface area (Å²) in [5.74, 6) is 0.728. The molecule has 1 aromatic carbocycles. The minimum Gasteiger partial charge on any atom is -0.497 e. The molecule has 1 rings (SSSR count). The molecule has 0 saturated heterocycles. The average molecular weight is 306 g/mol. The fraction of sp³-hybridized carbons (Fsp3) is 0.500. The molecule has 0 aliphatic rings. The number of rotatable bonds is 11. The highest BCUT2D eigenvalue weighted by Gasteiger charge is 1.98. The third-order valence-corrected chi connectivity index (χ3v) is 3.07. The van der Waals surface area contributed by atoms with Gasteiger partial charge in [0.2, 0.25) is 0 Å². The zero-order valence-corrected chi connectivity index (χ0v) is 13.5. The Morgan fingerprint density at radius 3 is 2.55 bits per heavy atom. The Morgan fingerprint density at radius 2 is 1.86 bits per heavy atom. The Morgan fingerprint density at radius 1 is 1.14 bits per heavy atom. The van der Waals surface area contributed by atoms with Crippen molar-refractivity contribution in [2.75, 3.05) is 20.3 Å². The molecule has 0 N–H and O–H groups in total. The summed E-state index contributed by atoms with van der Waals surface area (Å²) in [7, 11) is 1.66. The zero-order chi connectivity index (χ0) is 16.0. The number of carbonyl (C=O) groups is 1. The first-order valence-electron chi connectivity index (χ1n) is 7.77. The second-order valence-corrected chi connectivity index (χ2v) is 4.86. The van der Waals surface area contributed by atoms with Crippen molar-refractivity contribution in [3.63, 3.8) is 0 Å². The Balaban J connectivity index is 1.99. The summed E-state index contributed by atoms with van der Waals surface area (Å²) in [6.45, 7) is 3.62. The van der Waals surface area contributed by atoms with Crippen molar-refractivity contribution < 1.29 is 19.0 Å². The molecule has 22 heavy (non-hydrogen) atoms. The Kier molecular flexibility index (Phi) is 9.79. The second kappa shape index (κ2) is 11.8. The summed E-state index contributed by atoms with van der Waals surface area (Å²) in [6.07, 6.45) is 7.26. The molecular formula is C18H26O4. The van der Waals surface area contributed by atoms with Crippen molar-refractivity contribution in [2.24, 2.45) is 0 Å². The molecule has 4 heteroatoms. The van der Waals surface area contributed by atoms with Gasteiger partial charge in [-0.1, -0.05) is 24.3 Å². The highest BCUT2D eigenvalue weighted by Crippen LogP contribution is 2.12. The van der Waals surface area contributed by atoms with Gasteiger partial charge in [0.1, 0.15) is 5.75 Å². The summed E-state index contributed by atoms with van der Waals surface area (Å²) in [4.78, 5) is 11.1. The molecular weight excluding hydrogens is 280 g/mol. The van der Waals surface area contributed by atoms with Crippen molar-refractivity contribution in [3.8, 4) is 5.75 Å². The van der Waals surface area contributed by atoms with Gasteiger partial charge in [0.05, 0.1) is 20.3 Å². The number of allylic oxidation sites excluding steroid dienone is 2. The van der Waals surface area contributed by atoms with E-state index in [1.54, 1.807) is 7.11 Å². The van der Waals surface area contributed by atoms with Crippen molar-refractivity contribution >= 4 is 5.97 Å². The SMILES string of the molecule is CCOC(=O)CC/C=C/CCCOCc1ccc(OC)cc1. The number of carbonyl (C=O) groups excluding carboxylic acids is 1. The lowest BCUT2D eigenvalue weighted by Gasteiger charge is -2.04. The number of unbranched alkanes of at least 4 members (excludes halogenated alkanes) is 1. The Bertz CT molecular complexity index is 437. The molecule has 4 nitrogen and oxygen atoms in total. The van der Waals surface area contributed by atoms with E-state index in [4.69, 9.17) is 14.2 Å². The number of hydrogen-bond donors (Lipinski definition) is 0. The second-order valence-electron chi connectivity index (χ2n) is 4.86. The molecule has 0 unspecified atom stereocenters. The van der Waals surface area contributed by atoms with Gasteiger partial charge < -0.3 is 14.2 Å². The lowest BCUT2D eigenvalue weighted by atomic mass is 10.2. The number of ether oxygens (including phenoxy) is 3. The molecule has 0 heterocycles. The molecule has 0 aliphatic carbocycles. The van der Waals surface area contributed by atoms with E-state index >= 15 is 0 Å². The highest BCUT2D eigenvalue weighted by molar-refractivity contribution is 5.69. The van der Waals surface area contributed by atoms with E-state index in [1.807, 2.05) is 37.3 Å². The Hall–Kier alpha value is -1.81. The fourth-order valence-corrected chi connectivity index (χ4v) is 1.89. The van der Waals surface area contributed by atoms with Crippen LogP contribution < -0.4 is 4.74 Å². The first-order chi connectivity index (χ1) is 10.8. The zero-order valence-electron chi connectivity index (χ0n) is 13.5. The van der Waals surface area contributed by atoms with Crippen LogP contribution in [-0.4, -0.2) is 26.3 Å². The molecule has 0 spiro atoms. The van der Waals surface area contributed by atoms with Crippen LogP contribution in [0.25, 0.3) is 0 Å². The molecule has 0 aliphatic heterocycles. The van der Waals surface area contributed by atoms with Crippen LogP contribution in [0, 0.1) is 0 Å². The Labute approximate surface area is 133 Å². The lowest BCUT2D eigenvalue weighted by Crippen LogP contribution is -2.02. The van der Waals surface area contributed by atoms with Crippen LogP contribution in [-0.2, 0) is 20.9 Å². The maximum absolute atomic E-state index is 11.1. The van der Waals surface area contributed by atoms with Gasteiger partial charge >= 0.3 is 5.97 Å². The van der Waals surface area contributed by atoms with Crippen LogP contribution in [0.2, 0.25) is 0 Å². The van der Waals surface area contributed by atoms with Crippen LogP contribution in [0.4, 0.5) is 0 Å². The first-order valence-corrected chi connectivity index (χ1v) is 7.77. The molecule has 0 amide bonds. The predicted octanol–water partition coefficient (Wildman–Crippen LogP) is 3.89. The van der Waals surface area contributed by atoms with Gasteiger partial charge in [-0.05, 0) is 43.9 Å².